The molecule has 2 aromatic rings. The number of amides is 1. The van der Waals surface area contributed by atoms with Gasteiger partial charge in [0.15, 0.2) is 0 Å². The zero-order chi connectivity index (χ0) is 18.4. The Morgan fingerprint density at radius 3 is 2.35 bits per heavy atom. The van der Waals surface area contributed by atoms with E-state index in [0.29, 0.717) is 18.7 Å². The molecule has 6 nitrogen and oxygen atoms in total. The zero-order valence-corrected chi connectivity index (χ0v) is 14.5. The molecule has 0 unspecified atom stereocenters. The molecule has 26 heavy (non-hydrogen) atoms. The Kier molecular flexibility index (Phi) is 5.76. The van der Waals surface area contributed by atoms with Gasteiger partial charge >= 0.3 is 0 Å². The van der Waals surface area contributed by atoms with Crippen LogP contribution in [-0.4, -0.2) is 46.8 Å². The van der Waals surface area contributed by atoms with E-state index in [4.69, 9.17) is 0 Å². The summed E-state index contributed by atoms with van der Waals surface area (Å²) >= 11 is 0. The van der Waals surface area contributed by atoms with Crippen LogP contribution in [0, 0.1) is 10.1 Å². The van der Waals surface area contributed by atoms with Gasteiger partial charge in [-0.25, -0.2) is 0 Å². The number of carbonyl (C=O) groups is 1. The number of piperazine rings is 1. The van der Waals surface area contributed by atoms with E-state index in [-0.39, 0.29) is 11.6 Å². The third-order valence-electron chi connectivity index (χ3n) is 4.47. The first-order chi connectivity index (χ1) is 12.6. The van der Waals surface area contributed by atoms with Gasteiger partial charge in [0.2, 0.25) is 5.91 Å². The number of hydrogen-bond donors (Lipinski definition) is 0. The lowest BCUT2D eigenvalue weighted by Crippen LogP contribution is -2.47. The first-order valence-electron chi connectivity index (χ1n) is 8.60. The molecular formula is C20H21N3O3. The highest BCUT2D eigenvalue weighted by Crippen LogP contribution is 2.19. The van der Waals surface area contributed by atoms with Gasteiger partial charge < -0.3 is 4.90 Å². The monoisotopic (exact) mass is 351 g/mol. The standard InChI is InChI=1S/C20H21N3O3/c24-20(11-10-18-8-4-5-9-19(18)23(25)26)22-14-12-21(13-15-22)16-17-6-2-1-3-7-17/h1-11H,12-16H2/b11-10+. The maximum absolute atomic E-state index is 12.4. The molecule has 1 amide bonds. The van der Waals surface area contributed by atoms with Crippen molar-refractivity contribution in [1.29, 1.82) is 0 Å². The normalized spacial score (nSPS) is 15.3. The molecule has 0 radical (unpaired) electrons. The largest absolute Gasteiger partial charge is 0.337 e. The van der Waals surface area contributed by atoms with Crippen LogP contribution in [0.15, 0.2) is 60.7 Å². The molecule has 1 saturated heterocycles. The fourth-order valence-corrected chi connectivity index (χ4v) is 3.03. The van der Waals surface area contributed by atoms with Crippen LogP contribution in [0.4, 0.5) is 5.69 Å². The summed E-state index contributed by atoms with van der Waals surface area (Å²) < 4.78 is 0. The first-order valence-corrected chi connectivity index (χ1v) is 8.60. The minimum Gasteiger partial charge on any atom is -0.337 e. The summed E-state index contributed by atoms with van der Waals surface area (Å²) in [5, 5.41) is 11.0. The molecule has 2 aromatic carbocycles. The van der Waals surface area contributed by atoms with Crippen LogP contribution >= 0.6 is 0 Å². The van der Waals surface area contributed by atoms with Crippen LogP contribution in [0.2, 0.25) is 0 Å². The van der Waals surface area contributed by atoms with E-state index in [1.54, 1.807) is 23.1 Å². The maximum atomic E-state index is 12.4. The third-order valence-corrected chi connectivity index (χ3v) is 4.47. The highest BCUT2D eigenvalue weighted by atomic mass is 16.6. The van der Waals surface area contributed by atoms with Gasteiger partial charge in [-0.05, 0) is 17.7 Å². The number of benzene rings is 2. The zero-order valence-electron chi connectivity index (χ0n) is 14.5. The molecule has 1 aliphatic rings. The Morgan fingerprint density at radius 1 is 1.00 bits per heavy atom. The number of nitro benzene ring substituents is 1. The topological polar surface area (TPSA) is 66.7 Å². The second-order valence-corrected chi connectivity index (χ2v) is 6.24. The summed E-state index contributed by atoms with van der Waals surface area (Å²) in [7, 11) is 0. The van der Waals surface area contributed by atoms with Crippen molar-refractivity contribution in [2.24, 2.45) is 0 Å². The molecule has 0 bridgehead atoms. The molecular weight excluding hydrogens is 330 g/mol. The predicted octanol–water partition coefficient (Wildman–Crippen LogP) is 2.95. The SMILES string of the molecule is O=C(/C=C/c1ccccc1[N+](=O)[O-])N1CCN(Cc2ccccc2)CC1. The fourth-order valence-electron chi connectivity index (χ4n) is 3.03. The molecule has 1 aliphatic heterocycles. The van der Waals surface area contributed by atoms with Crippen LogP contribution in [-0.2, 0) is 11.3 Å². The highest BCUT2D eigenvalue weighted by Gasteiger charge is 2.20. The van der Waals surface area contributed by atoms with Crippen LogP contribution in [0.25, 0.3) is 6.08 Å². The smallest absolute Gasteiger partial charge is 0.276 e. The predicted molar refractivity (Wildman–Crippen MR) is 100 cm³/mol. The van der Waals surface area contributed by atoms with Gasteiger partial charge in [0.1, 0.15) is 0 Å². The molecule has 0 N–H and O–H groups in total. The van der Waals surface area contributed by atoms with E-state index >= 15 is 0 Å². The number of nitro groups is 1. The number of rotatable bonds is 5. The Morgan fingerprint density at radius 2 is 1.65 bits per heavy atom. The van der Waals surface area contributed by atoms with E-state index in [2.05, 4.69) is 17.0 Å². The van der Waals surface area contributed by atoms with Crippen molar-refractivity contribution < 1.29 is 9.72 Å². The highest BCUT2D eigenvalue weighted by molar-refractivity contribution is 5.92. The van der Waals surface area contributed by atoms with E-state index in [0.717, 1.165) is 19.6 Å². The van der Waals surface area contributed by atoms with Crippen LogP contribution in [0.1, 0.15) is 11.1 Å². The van der Waals surface area contributed by atoms with Crippen molar-refractivity contribution in [2.45, 2.75) is 6.54 Å². The summed E-state index contributed by atoms with van der Waals surface area (Å²) in [5.74, 6) is -0.109. The molecule has 134 valence electrons. The number of para-hydroxylation sites is 1. The lowest BCUT2D eigenvalue weighted by molar-refractivity contribution is -0.385. The van der Waals surface area contributed by atoms with Crippen molar-refractivity contribution in [3.63, 3.8) is 0 Å². The molecule has 0 aliphatic carbocycles. The van der Waals surface area contributed by atoms with Crippen LogP contribution < -0.4 is 0 Å². The van der Waals surface area contributed by atoms with Crippen molar-refractivity contribution >= 4 is 17.7 Å². The van der Waals surface area contributed by atoms with Gasteiger partial charge in [-0.1, -0.05) is 42.5 Å². The lowest BCUT2D eigenvalue weighted by Gasteiger charge is -2.34. The average molecular weight is 351 g/mol. The van der Waals surface area contributed by atoms with E-state index in [9.17, 15) is 14.9 Å². The van der Waals surface area contributed by atoms with E-state index in [1.807, 2.05) is 18.2 Å². The van der Waals surface area contributed by atoms with Crippen molar-refractivity contribution in [3.8, 4) is 0 Å². The fraction of sp³-hybridized carbons (Fsp3) is 0.250. The Bertz CT molecular complexity index is 797. The number of hydrogen-bond acceptors (Lipinski definition) is 4. The number of carbonyl (C=O) groups excluding carboxylic acids is 1. The summed E-state index contributed by atoms with van der Waals surface area (Å²) in [4.78, 5) is 27.1. The van der Waals surface area contributed by atoms with Crippen molar-refractivity contribution in [3.05, 3.63) is 81.9 Å². The minimum atomic E-state index is -0.438. The number of nitrogens with zero attached hydrogens (tertiary/aromatic N) is 3. The van der Waals surface area contributed by atoms with Gasteiger partial charge in [-0.15, -0.1) is 0 Å². The van der Waals surface area contributed by atoms with Gasteiger partial charge in [-0.3, -0.25) is 19.8 Å². The Hall–Kier alpha value is -2.99. The second-order valence-electron chi connectivity index (χ2n) is 6.24. The molecule has 0 aromatic heterocycles. The minimum absolute atomic E-state index is 0.00392. The molecule has 1 fully saturated rings. The van der Waals surface area contributed by atoms with Crippen molar-refractivity contribution in [2.75, 3.05) is 26.2 Å². The summed E-state index contributed by atoms with van der Waals surface area (Å²) in [6.07, 6.45) is 2.95. The van der Waals surface area contributed by atoms with Gasteiger partial charge in [0.05, 0.1) is 10.5 Å². The molecule has 0 saturated carbocycles. The third kappa shape index (κ3) is 4.55. The van der Waals surface area contributed by atoms with E-state index < -0.39 is 4.92 Å². The lowest BCUT2D eigenvalue weighted by atomic mass is 10.1. The summed E-state index contributed by atoms with van der Waals surface area (Å²) in [6, 6.07) is 16.7. The van der Waals surface area contributed by atoms with Crippen LogP contribution in [0.5, 0.6) is 0 Å². The van der Waals surface area contributed by atoms with Crippen LogP contribution in [0.3, 0.4) is 0 Å². The molecule has 3 rings (SSSR count). The van der Waals surface area contributed by atoms with Gasteiger partial charge in [0, 0.05) is 44.9 Å². The quantitative estimate of drug-likeness (QED) is 0.472. The first kappa shape index (κ1) is 17.8. The van der Waals surface area contributed by atoms with Crippen molar-refractivity contribution in [1.82, 2.24) is 9.80 Å². The molecule has 1 heterocycles. The van der Waals surface area contributed by atoms with Gasteiger partial charge in [-0.2, -0.15) is 0 Å². The van der Waals surface area contributed by atoms with E-state index in [1.165, 1.54) is 23.8 Å². The molecule has 0 spiro atoms. The Balaban J connectivity index is 1.55. The average Bonchev–Trinajstić information content (AvgIpc) is 2.67. The molecule has 6 heteroatoms. The summed E-state index contributed by atoms with van der Waals surface area (Å²) in [5.41, 5.74) is 1.71. The molecule has 0 atom stereocenters. The summed E-state index contributed by atoms with van der Waals surface area (Å²) in [6.45, 7) is 3.84. The van der Waals surface area contributed by atoms with Gasteiger partial charge in [0.25, 0.3) is 5.69 Å². The maximum Gasteiger partial charge on any atom is 0.276 e. The second kappa shape index (κ2) is 8.40. The Labute approximate surface area is 152 Å².